The Hall–Kier alpha value is -3.76. The number of hydrogen-bond donors (Lipinski definition) is 1. The second-order valence-electron chi connectivity index (χ2n) is 13.1. The Kier molecular flexibility index (Phi) is 10.7. The fourth-order valence-corrected chi connectivity index (χ4v) is 10.5. The summed E-state index contributed by atoms with van der Waals surface area (Å²) >= 11 is 1.63. The molecule has 2 aromatic rings. The fraction of sp³-hybridized carbons (Fsp3) is 0.500. The van der Waals surface area contributed by atoms with E-state index in [4.69, 9.17) is 4.74 Å². The van der Waals surface area contributed by atoms with Crippen LogP contribution in [0, 0.1) is 11.8 Å². The van der Waals surface area contributed by atoms with E-state index in [1.807, 2.05) is 55.5 Å². The third kappa shape index (κ3) is 5.91. The molecular weight excluding hydrogens is 625 g/mol. The minimum atomic E-state index is -0.859. The number of aliphatic hydroxyl groups is 1. The summed E-state index contributed by atoms with van der Waals surface area (Å²) in [7, 11) is 0. The molecule has 1 N–H and O–H groups in total. The summed E-state index contributed by atoms with van der Waals surface area (Å²) in [6, 6.07) is 13.8. The van der Waals surface area contributed by atoms with E-state index in [2.05, 4.69) is 38.8 Å². The maximum atomic E-state index is 15.0. The minimum Gasteiger partial charge on any atom is -0.494 e. The summed E-state index contributed by atoms with van der Waals surface area (Å²) in [5, 5.41) is 10.4. The van der Waals surface area contributed by atoms with Crippen LogP contribution in [0.4, 0.5) is 17.1 Å². The zero-order chi connectivity index (χ0) is 34.8. The van der Waals surface area contributed by atoms with Crippen molar-refractivity contribution in [2.24, 2.45) is 11.8 Å². The van der Waals surface area contributed by atoms with Crippen molar-refractivity contribution < 1.29 is 24.2 Å². The van der Waals surface area contributed by atoms with E-state index in [1.54, 1.807) is 45.5 Å². The van der Waals surface area contributed by atoms with E-state index in [0.29, 0.717) is 36.6 Å². The molecule has 1 spiro atoms. The van der Waals surface area contributed by atoms with Crippen LogP contribution in [0.25, 0.3) is 0 Å². The number of carbonyl (C=O) groups is 3. The highest BCUT2D eigenvalue weighted by Crippen LogP contribution is 2.72. The smallest absolute Gasteiger partial charge is 0.251 e. The van der Waals surface area contributed by atoms with Crippen molar-refractivity contribution in [1.29, 1.82) is 0 Å². The first-order valence-corrected chi connectivity index (χ1v) is 17.9. The van der Waals surface area contributed by atoms with Gasteiger partial charge in [-0.15, -0.1) is 24.9 Å². The van der Waals surface area contributed by atoms with Crippen LogP contribution in [0.2, 0.25) is 0 Å². The van der Waals surface area contributed by atoms with Crippen LogP contribution in [-0.4, -0.2) is 88.7 Å². The Morgan fingerprint density at radius 2 is 1.50 bits per heavy atom. The van der Waals surface area contributed by atoms with Gasteiger partial charge in [0.25, 0.3) is 5.91 Å². The summed E-state index contributed by atoms with van der Waals surface area (Å²) in [5.74, 6) is -1.30. The quantitative estimate of drug-likeness (QED) is 0.249. The zero-order valence-electron chi connectivity index (χ0n) is 28.9. The van der Waals surface area contributed by atoms with Crippen molar-refractivity contribution in [2.75, 3.05) is 54.1 Å². The van der Waals surface area contributed by atoms with Gasteiger partial charge < -0.3 is 29.4 Å². The molecule has 5 rings (SSSR count). The highest BCUT2D eigenvalue weighted by Gasteiger charge is 2.78. The molecule has 3 fully saturated rings. The molecule has 9 nitrogen and oxygen atoms in total. The second kappa shape index (κ2) is 14.4. The first-order chi connectivity index (χ1) is 23.0. The molecule has 0 aliphatic carbocycles. The molecule has 2 bridgehead atoms. The van der Waals surface area contributed by atoms with E-state index in [1.165, 1.54) is 0 Å². The highest BCUT2D eigenvalue weighted by molar-refractivity contribution is 8.02. The van der Waals surface area contributed by atoms with Crippen LogP contribution in [-0.2, 0) is 14.4 Å². The Balaban J connectivity index is 1.55. The van der Waals surface area contributed by atoms with Gasteiger partial charge in [-0.05, 0) is 96.0 Å². The van der Waals surface area contributed by atoms with Crippen molar-refractivity contribution in [3.8, 4) is 5.75 Å². The lowest BCUT2D eigenvalue weighted by Gasteiger charge is -2.39. The van der Waals surface area contributed by atoms with Crippen molar-refractivity contribution >= 4 is 46.5 Å². The number of hydrogen-bond acceptors (Lipinski definition) is 7. The largest absolute Gasteiger partial charge is 0.494 e. The summed E-state index contributed by atoms with van der Waals surface area (Å²) in [6.07, 6.45) is 4.69. The number of aliphatic hydroxyl groups excluding tert-OH is 1. The van der Waals surface area contributed by atoms with E-state index in [9.17, 15) is 19.5 Å². The average Bonchev–Trinajstić information content (AvgIpc) is 3.67. The minimum absolute atomic E-state index is 0.159. The molecule has 48 heavy (non-hydrogen) atoms. The molecule has 0 aromatic heterocycles. The van der Waals surface area contributed by atoms with Gasteiger partial charge in [-0.2, -0.15) is 0 Å². The zero-order valence-corrected chi connectivity index (χ0v) is 29.7. The molecule has 0 radical (unpaired) electrons. The topological polar surface area (TPSA) is 93.6 Å². The maximum Gasteiger partial charge on any atom is 0.251 e. The van der Waals surface area contributed by atoms with E-state index in [-0.39, 0.29) is 37.4 Å². The lowest BCUT2D eigenvalue weighted by molar-refractivity contribution is -0.142. The Morgan fingerprint density at radius 1 is 0.958 bits per heavy atom. The van der Waals surface area contributed by atoms with E-state index < -0.39 is 33.4 Å². The molecule has 0 saturated carbocycles. The van der Waals surface area contributed by atoms with Crippen LogP contribution >= 0.6 is 11.8 Å². The predicted octanol–water partition coefficient (Wildman–Crippen LogP) is 5.53. The van der Waals surface area contributed by atoms with Gasteiger partial charge in [0.2, 0.25) is 11.8 Å². The number of carbonyl (C=O) groups excluding carboxylic acids is 3. The van der Waals surface area contributed by atoms with Crippen LogP contribution in [0.5, 0.6) is 5.75 Å². The third-order valence-electron chi connectivity index (χ3n) is 10.4. The molecule has 10 heteroatoms. The van der Waals surface area contributed by atoms with Crippen LogP contribution in [0.15, 0.2) is 73.8 Å². The SMILES string of the molecule is C=CCN(C(=O)C1N([C@H](C)CO)C(=O)[C@@H]2[C@H](C(=O)N(CC=C)c3ccc(OCC)cc3)[C@]3(C)CCC12S3)c1ccc(N(CC)CC)cc1. The number of amides is 3. The first-order valence-electron chi connectivity index (χ1n) is 17.1. The van der Waals surface area contributed by atoms with Crippen LogP contribution in [0.3, 0.4) is 0 Å². The number of benzene rings is 2. The summed E-state index contributed by atoms with van der Waals surface area (Å²) in [5.41, 5.74) is 2.47. The highest BCUT2D eigenvalue weighted by atomic mass is 32.2. The number of nitrogens with zero attached hydrogens (tertiary/aromatic N) is 4. The van der Waals surface area contributed by atoms with Crippen LogP contribution < -0.4 is 19.4 Å². The third-order valence-corrected chi connectivity index (χ3v) is 12.3. The Bertz CT molecular complexity index is 1510. The number of rotatable bonds is 15. The van der Waals surface area contributed by atoms with Gasteiger partial charge in [0, 0.05) is 48.0 Å². The normalized spacial score (nSPS) is 26.2. The Morgan fingerprint density at radius 3 is 2.02 bits per heavy atom. The lowest BCUT2D eigenvalue weighted by Crippen LogP contribution is -2.57. The van der Waals surface area contributed by atoms with Gasteiger partial charge in [0.15, 0.2) is 0 Å². The van der Waals surface area contributed by atoms with E-state index in [0.717, 1.165) is 18.8 Å². The van der Waals surface area contributed by atoms with Crippen molar-refractivity contribution in [1.82, 2.24) is 4.90 Å². The number of thioether (sulfide) groups is 1. The predicted molar refractivity (Wildman–Crippen MR) is 195 cm³/mol. The van der Waals surface area contributed by atoms with Crippen molar-refractivity contribution in [2.45, 2.75) is 69.0 Å². The molecule has 3 heterocycles. The molecule has 2 aromatic carbocycles. The molecule has 3 aliphatic rings. The summed E-state index contributed by atoms with van der Waals surface area (Å²) in [4.78, 5) is 51.6. The maximum absolute atomic E-state index is 15.0. The standard InChI is InChI=1S/C38H50N4O5S/c1-8-23-40(29-17-19-30(20-18-29)47-12-5)34(44)31-32-35(45)42(26(6)25-43)33(38(32)22-21-37(31,7)48-38)36(46)41(24-9-2)28-15-13-27(14-16-28)39(10-3)11-4/h8-9,13-20,26,31-33,43H,1-2,10-12,21-25H2,3-7H3/t26-,31-,32+,33?,37+,38?/m1/s1. The molecule has 2 unspecified atom stereocenters. The van der Waals surface area contributed by atoms with Gasteiger partial charge in [0.1, 0.15) is 11.8 Å². The monoisotopic (exact) mass is 674 g/mol. The molecule has 6 atom stereocenters. The van der Waals surface area contributed by atoms with Crippen LogP contribution in [0.1, 0.15) is 47.5 Å². The lowest BCUT2D eigenvalue weighted by atomic mass is 9.66. The summed E-state index contributed by atoms with van der Waals surface area (Å²) < 4.78 is 4.24. The van der Waals surface area contributed by atoms with Gasteiger partial charge in [-0.1, -0.05) is 12.2 Å². The number of fused-ring (bicyclic) bond motifs is 1. The second-order valence-corrected chi connectivity index (χ2v) is 15.0. The van der Waals surface area contributed by atoms with Gasteiger partial charge in [-0.25, -0.2) is 0 Å². The molecular formula is C38H50N4O5S. The van der Waals surface area contributed by atoms with Crippen molar-refractivity contribution in [3.63, 3.8) is 0 Å². The van der Waals surface area contributed by atoms with E-state index >= 15 is 0 Å². The summed E-state index contributed by atoms with van der Waals surface area (Å²) in [6.45, 7) is 20.3. The van der Waals surface area contributed by atoms with Gasteiger partial charge >= 0.3 is 0 Å². The van der Waals surface area contributed by atoms with Gasteiger partial charge in [-0.3, -0.25) is 14.4 Å². The average molecular weight is 675 g/mol. The molecule has 3 aliphatic heterocycles. The number of anilines is 3. The Labute approximate surface area is 289 Å². The molecule has 3 amide bonds. The molecule has 258 valence electrons. The fourth-order valence-electron chi connectivity index (χ4n) is 8.12. The number of likely N-dealkylation sites (tertiary alicyclic amines) is 1. The number of ether oxygens (including phenoxy) is 1. The first kappa shape index (κ1) is 35.5. The van der Waals surface area contributed by atoms with Crippen molar-refractivity contribution in [3.05, 3.63) is 73.8 Å². The molecule has 3 saturated heterocycles. The van der Waals surface area contributed by atoms with Gasteiger partial charge in [0.05, 0.1) is 35.8 Å².